The van der Waals surface area contributed by atoms with E-state index in [0.717, 1.165) is 38.0 Å². The van der Waals surface area contributed by atoms with Crippen LogP contribution in [-0.4, -0.2) is 55.7 Å². The number of nitrogens with zero attached hydrogens (tertiary/aromatic N) is 1. The van der Waals surface area contributed by atoms with E-state index in [1.54, 1.807) is 0 Å². The molecule has 0 bridgehead atoms. The predicted octanol–water partition coefficient (Wildman–Crippen LogP) is 1.55. The van der Waals surface area contributed by atoms with Crippen molar-refractivity contribution >= 4 is 12.0 Å². The molecule has 0 aliphatic carbocycles. The molecule has 0 radical (unpaired) electrons. The van der Waals surface area contributed by atoms with Gasteiger partial charge in [0, 0.05) is 25.6 Å². The Hall–Kier alpha value is -2.08. The second-order valence-corrected chi connectivity index (χ2v) is 6.10. The van der Waals surface area contributed by atoms with E-state index < -0.39 is 12.1 Å². The number of carbonyl (C=O) groups excluding carboxylic acids is 2. The van der Waals surface area contributed by atoms with Gasteiger partial charge in [0.05, 0.1) is 7.11 Å². The van der Waals surface area contributed by atoms with Crippen LogP contribution in [0.2, 0.25) is 0 Å². The first-order chi connectivity index (χ1) is 11.6. The van der Waals surface area contributed by atoms with Gasteiger partial charge in [-0.3, -0.25) is 4.79 Å². The van der Waals surface area contributed by atoms with Gasteiger partial charge in [0.25, 0.3) is 0 Å². The molecule has 0 spiro atoms. The standard InChI is InChI=1S/C18H27N3O3/c1-3-21-11-9-15(10-12-21)19-17(22)16(20-18(23)24-2)13-14-7-5-4-6-8-14/h4-8,15-16H,3,9-13H2,1-2H3,(H,19,22)(H,20,23)/t16-/m1/s1. The average Bonchev–Trinajstić information content (AvgIpc) is 2.62. The maximum absolute atomic E-state index is 12.6. The number of nitrogens with one attached hydrogen (secondary N) is 2. The number of benzene rings is 1. The van der Waals surface area contributed by atoms with Crippen molar-refractivity contribution < 1.29 is 14.3 Å². The van der Waals surface area contributed by atoms with E-state index in [-0.39, 0.29) is 11.9 Å². The van der Waals surface area contributed by atoms with Crippen LogP contribution < -0.4 is 10.6 Å². The molecule has 1 atom stereocenters. The third-order valence-corrected chi connectivity index (χ3v) is 4.46. The van der Waals surface area contributed by atoms with Crippen molar-refractivity contribution in [3.63, 3.8) is 0 Å². The smallest absolute Gasteiger partial charge is 0.407 e. The number of hydrogen-bond donors (Lipinski definition) is 2. The van der Waals surface area contributed by atoms with Crippen molar-refractivity contribution in [1.82, 2.24) is 15.5 Å². The summed E-state index contributed by atoms with van der Waals surface area (Å²) in [6.45, 7) is 5.18. The van der Waals surface area contributed by atoms with Gasteiger partial charge in [-0.1, -0.05) is 37.3 Å². The Balaban J connectivity index is 1.95. The Bertz CT molecular complexity index is 528. The van der Waals surface area contributed by atoms with Crippen LogP contribution in [0.3, 0.4) is 0 Å². The van der Waals surface area contributed by atoms with E-state index in [1.165, 1.54) is 7.11 Å². The van der Waals surface area contributed by atoms with Gasteiger partial charge >= 0.3 is 6.09 Å². The minimum absolute atomic E-state index is 0.154. The molecular formula is C18H27N3O3. The number of ether oxygens (including phenoxy) is 1. The Kier molecular flexibility index (Phi) is 7.06. The minimum Gasteiger partial charge on any atom is -0.453 e. The lowest BCUT2D eigenvalue weighted by Gasteiger charge is -2.32. The number of carbonyl (C=O) groups is 2. The van der Waals surface area contributed by atoms with E-state index >= 15 is 0 Å². The molecule has 1 aliphatic heterocycles. The van der Waals surface area contributed by atoms with Crippen molar-refractivity contribution in [2.75, 3.05) is 26.7 Å². The zero-order chi connectivity index (χ0) is 17.4. The minimum atomic E-state index is -0.635. The van der Waals surface area contributed by atoms with Crippen LogP contribution in [0.5, 0.6) is 0 Å². The molecule has 2 rings (SSSR count). The largest absolute Gasteiger partial charge is 0.453 e. The monoisotopic (exact) mass is 333 g/mol. The van der Waals surface area contributed by atoms with Crippen LogP contribution in [0.1, 0.15) is 25.3 Å². The Morgan fingerprint density at radius 2 is 1.92 bits per heavy atom. The van der Waals surface area contributed by atoms with Gasteiger partial charge in [0.2, 0.25) is 5.91 Å². The molecule has 0 aromatic heterocycles. The zero-order valence-corrected chi connectivity index (χ0v) is 14.5. The molecule has 0 saturated carbocycles. The van der Waals surface area contributed by atoms with Gasteiger partial charge in [-0.25, -0.2) is 4.79 Å². The highest BCUT2D eigenvalue weighted by Gasteiger charge is 2.26. The summed E-state index contributed by atoms with van der Waals surface area (Å²) in [4.78, 5) is 26.6. The molecule has 1 aromatic carbocycles. The Morgan fingerprint density at radius 1 is 1.25 bits per heavy atom. The second-order valence-electron chi connectivity index (χ2n) is 6.10. The molecule has 6 heteroatoms. The third kappa shape index (κ3) is 5.53. The van der Waals surface area contributed by atoms with Gasteiger partial charge in [0.1, 0.15) is 6.04 Å². The van der Waals surface area contributed by atoms with Crippen LogP contribution in [-0.2, 0) is 16.0 Å². The van der Waals surface area contributed by atoms with Gasteiger partial charge < -0.3 is 20.3 Å². The molecule has 132 valence electrons. The first kappa shape index (κ1) is 18.3. The molecule has 1 aromatic rings. The Labute approximate surface area is 143 Å². The predicted molar refractivity (Wildman–Crippen MR) is 92.8 cm³/mol. The number of methoxy groups -OCH3 is 1. The first-order valence-corrected chi connectivity index (χ1v) is 8.53. The normalized spacial score (nSPS) is 17.1. The van der Waals surface area contributed by atoms with Crippen LogP contribution in [0, 0.1) is 0 Å². The van der Waals surface area contributed by atoms with Gasteiger partial charge in [0.15, 0.2) is 0 Å². The molecule has 0 unspecified atom stereocenters. The van der Waals surface area contributed by atoms with E-state index in [4.69, 9.17) is 0 Å². The second kappa shape index (κ2) is 9.27. The fourth-order valence-electron chi connectivity index (χ4n) is 2.96. The number of amides is 2. The summed E-state index contributed by atoms with van der Waals surface area (Å²) in [6, 6.07) is 9.18. The summed E-state index contributed by atoms with van der Waals surface area (Å²) < 4.78 is 4.65. The van der Waals surface area contributed by atoms with Crippen molar-refractivity contribution in [3.8, 4) is 0 Å². The summed E-state index contributed by atoms with van der Waals surface area (Å²) in [5.41, 5.74) is 0.995. The zero-order valence-electron chi connectivity index (χ0n) is 14.5. The summed E-state index contributed by atoms with van der Waals surface area (Å²) in [5, 5.41) is 5.72. The summed E-state index contributed by atoms with van der Waals surface area (Å²) >= 11 is 0. The van der Waals surface area contributed by atoms with E-state index in [2.05, 4.69) is 27.2 Å². The topological polar surface area (TPSA) is 70.7 Å². The Morgan fingerprint density at radius 3 is 2.50 bits per heavy atom. The number of hydrogen-bond acceptors (Lipinski definition) is 4. The molecule has 1 heterocycles. The van der Waals surface area contributed by atoms with Crippen molar-refractivity contribution in [2.45, 2.75) is 38.3 Å². The maximum atomic E-state index is 12.6. The quantitative estimate of drug-likeness (QED) is 0.829. The van der Waals surface area contributed by atoms with Gasteiger partial charge in [-0.15, -0.1) is 0 Å². The van der Waals surface area contributed by atoms with Gasteiger partial charge in [-0.2, -0.15) is 0 Å². The highest BCUT2D eigenvalue weighted by Crippen LogP contribution is 2.11. The van der Waals surface area contributed by atoms with Crippen molar-refractivity contribution in [3.05, 3.63) is 35.9 Å². The SMILES string of the molecule is CCN1CCC(NC(=O)[C@@H](Cc2ccccc2)NC(=O)OC)CC1. The molecule has 2 N–H and O–H groups in total. The summed E-state index contributed by atoms with van der Waals surface area (Å²) in [5.74, 6) is -0.154. The fourth-order valence-corrected chi connectivity index (χ4v) is 2.96. The number of rotatable bonds is 6. The highest BCUT2D eigenvalue weighted by molar-refractivity contribution is 5.86. The number of likely N-dealkylation sites (tertiary alicyclic amines) is 1. The molecule has 1 saturated heterocycles. The maximum Gasteiger partial charge on any atom is 0.407 e. The van der Waals surface area contributed by atoms with Crippen molar-refractivity contribution in [2.24, 2.45) is 0 Å². The third-order valence-electron chi connectivity index (χ3n) is 4.46. The van der Waals surface area contributed by atoms with E-state index in [9.17, 15) is 9.59 Å². The molecule has 2 amide bonds. The van der Waals surface area contributed by atoms with E-state index in [0.29, 0.717) is 6.42 Å². The van der Waals surface area contributed by atoms with Crippen LogP contribution in [0.15, 0.2) is 30.3 Å². The molecular weight excluding hydrogens is 306 g/mol. The van der Waals surface area contributed by atoms with Crippen LogP contribution >= 0.6 is 0 Å². The molecule has 1 fully saturated rings. The van der Waals surface area contributed by atoms with Gasteiger partial charge in [-0.05, 0) is 24.9 Å². The first-order valence-electron chi connectivity index (χ1n) is 8.53. The lowest BCUT2D eigenvalue weighted by Crippen LogP contribution is -2.52. The summed E-state index contributed by atoms with van der Waals surface area (Å²) in [6.07, 6.45) is 1.73. The highest BCUT2D eigenvalue weighted by atomic mass is 16.5. The lowest BCUT2D eigenvalue weighted by molar-refractivity contribution is -0.124. The summed E-state index contributed by atoms with van der Waals surface area (Å²) in [7, 11) is 1.30. The average molecular weight is 333 g/mol. The number of alkyl carbamates (subject to hydrolysis) is 1. The van der Waals surface area contributed by atoms with Crippen molar-refractivity contribution in [1.29, 1.82) is 0 Å². The lowest BCUT2D eigenvalue weighted by atomic mass is 10.0. The van der Waals surface area contributed by atoms with E-state index in [1.807, 2.05) is 30.3 Å². The fraction of sp³-hybridized carbons (Fsp3) is 0.556. The van der Waals surface area contributed by atoms with Crippen LogP contribution in [0.25, 0.3) is 0 Å². The number of piperidine rings is 1. The molecule has 1 aliphatic rings. The van der Waals surface area contributed by atoms with Crippen LogP contribution in [0.4, 0.5) is 4.79 Å². The molecule has 6 nitrogen and oxygen atoms in total. The molecule has 24 heavy (non-hydrogen) atoms.